The molecule has 2 unspecified atom stereocenters. The monoisotopic (exact) mass is 434 g/mol. The number of halogens is 1. The quantitative estimate of drug-likeness (QED) is 0.555. The first-order valence-corrected chi connectivity index (χ1v) is 11.7. The first kappa shape index (κ1) is 19.4. The summed E-state index contributed by atoms with van der Waals surface area (Å²) in [5.41, 5.74) is 7.50. The van der Waals surface area contributed by atoms with E-state index in [4.69, 9.17) is 26.8 Å². The standard InChI is InChI=1S/C26H27ClN2O2/c27-22-11-21-18(6-7-29-25(21)30-15-16-4-2-1-3-5-16)10-23(22)31-26-12-17-8-19(13-26)24(28)20(9-17)14-26/h1-7,10-11,17,19-20,24H,8-9,12-15,28H2. The molecule has 0 radical (unpaired) electrons. The molecule has 31 heavy (non-hydrogen) atoms. The van der Waals surface area contributed by atoms with Crippen molar-refractivity contribution in [3.63, 3.8) is 0 Å². The first-order chi connectivity index (χ1) is 15.1. The van der Waals surface area contributed by atoms with E-state index in [0.717, 1.165) is 47.3 Å². The highest BCUT2D eigenvalue weighted by molar-refractivity contribution is 6.33. The van der Waals surface area contributed by atoms with Crippen molar-refractivity contribution in [2.24, 2.45) is 23.5 Å². The first-order valence-electron chi connectivity index (χ1n) is 11.3. The van der Waals surface area contributed by atoms with Gasteiger partial charge in [-0.2, -0.15) is 0 Å². The van der Waals surface area contributed by atoms with Crippen LogP contribution in [0.15, 0.2) is 54.7 Å². The van der Waals surface area contributed by atoms with E-state index >= 15 is 0 Å². The number of fused-ring (bicyclic) bond motifs is 1. The van der Waals surface area contributed by atoms with Crippen LogP contribution < -0.4 is 15.2 Å². The molecule has 0 amide bonds. The molecule has 4 fully saturated rings. The van der Waals surface area contributed by atoms with Crippen molar-refractivity contribution < 1.29 is 9.47 Å². The third-order valence-electron chi connectivity index (χ3n) is 7.62. The number of hydrogen-bond acceptors (Lipinski definition) is 4. The summed E-state index contributed by atoms with van der Waals surface area (Å²) in [6, 6.07) is 16.4. The lowest BCUT2D eigenvalue weighted by atomic mass is 9.52. The van der Waals surface area contributed by atoms with Gasteiger partial charge in [-0.05, 0) is 79.0 Å². The molecule has 5 heteroatoms. The molecule has 160 valence electrons. The summed E-state index contributed by atoms with van der Waals surface area (Å²) in [5.74, 6) is 3.29. The second-order valence-electron chi connectivity index (χ2n) is 9.73. The molecule has 4 nitrogen and oxygen atoms in total. The lowest BCUT2D eigenvalue weighted by Crippen LogP contribution is -2.61. The molecule has 4 bridgehead atoms. The molecule has 0 spiro atoms. The summed E-state index contributed by atoms with van der Waals surface area (Å²) in [5, 5.41) is 2.55. The van der Waals surface area contributed by atoms with Crippen LogP contribution in [0.2, 0.25) is 5.02 Å². The van der Waals surface area contributed by atoms with Crippen molar-refractivity contribution in [1.29, 1.82) is 0 Å². The van der Waals surface area contributed by atoms with Crippen molar-refractivity contribution in [2.45, 2.75) is 50.4 Å². The maximum Gasteiger partial charge on any atom is 0.221 e. The number of pyridine rings is 1. The Morgan fingerprint density at radius 1 is 1.03 bits per heavy atom. The lowest BCUT2D eigenvalue weighted by molar-refractivity contribution is -0.117. The van der Waals surface area contributed by atoms with Gasteiger partial charge in [-0.3, -0.25) is 0 Å². The van der Waals surface area contributed by atoms with Crippen LogP contribution in [0.3, 0.4) is 0 Å². The smallest absolute Gasteiger partial charge is 0.221 e. The van der Waals surface area contributed by atoms with Crippen LogP contribution in [0.4, 0.5) is 0 Å². The Bertz CT molecular complexity index is 1100. The van der Waals surface area contributed by atoms with Gasteiger partial charge in [0, 0.05) is 17.6 Å². The van der Waals surface area contributed by atoms with Crippen molar-refractivity contribution in [2.75, 3.05) is 0 Å². The average molecular weight is 435 g/mol. The summed E-state index contributed by atoms with van der Waals surface area (Å²) >= 11 is 6.73. The number of benzene rings is 2. The number of nitrogens with zero attached hydrogens (tertiary/aromatic N) is 1. The second kappa shape index (κ2) is 7.39. The van der Waals surface area contributed by atoms with Crippen molar-refractivity contribution in [3.05, 3.63) is 65.3 Å². The fourth-order valence-corrected chi connectivity index (χ4v) is 6.62. The third-order valence-corrected chi connectivity index (χ3v) is 7.91. The largest absolute Gasteiger partial charge is 0.486 e. The van der Waals surface area contributed by atoms with Gasteiger partial charge in [0.1, 0.15) is 18.0 Å². The molecule has 1 aromatic heterocycles. The van der Waals surface area contributed by atoms with Crippen LogP contribution in [-0.2, 0) is 6.61 Å². The molecule has 4 aliphatic rings. The Kier molecular flexibility index (Phi) is 4.62. The Hall–Kier alpha value is -2.30. The minimum atomic E-state index is -0.108. The summed E-state index contributed by atoms with van der Waals surface area (Å²) in [6.07, 6.45) is 7.55. The van der Waals surface area contributed by atoms with Crippen molar-refractivity contribution in [3.8, 4) is 11.6 Å². The van der Waals surface area contributed by atoms with Gasteiger partial charge in [0.25, 0.3) is 0 Å². The van der Waals surface area contributed by atoms with Crippen LogP contribution >= 0.6 is 11.6 Å². The number of ether oxygens (including phenoxy) is 2. The van der Waals surface area contributed by atoms with Gasteiger partial charge in [-0.25, -0.2) is 4.98 Å². The van der Waals surface area contributed by atoms with E-state index in [0.29, 0.717) is 35.4 Å². The van der Waals surface area contributed by atoms with E-state index in [1.165, 1.54) is 12.8 Å². The summed E-state index contributed by atoms with van der Waals surface area (Å²) in [4.78, 5) is 4.45. The average Bonchev–Trinajstić information content (AvgIpc) is 2.76. The van der Waals surface area contributed by atoms with Gasteiger partial charge >= 0.3 is 0 Å². The molecular formula is C26H27ClN2O2. The maximum atomic E-state index is 6.73. The van der Waals surface area contributed by atoms with Gasteiger partial charge < -0.3 is 15.2 Å². The molecular weight excluding hydrogens is 408 g/mol. The van der Waals surface area contributed by atoms with Gasteiger partial charge in [0.15, 0.2) is 0 Å². The Morgan fingerprint density at radius 3 is 2.58 bits per heavy atom. The number of rotatable bonds is 5. The molecule has 4 saturated carbocycles. The van der Waals surface area contributed by atoms with Crippen molar-refractivity contribution in [1.82, 2.24) is 4.98 Å². The normalized spacial score (nSPS) is 31.2. The predicted octanol–water partition coefficient (Wildman–Crippen LogP) is 5.75. The molecule has 0 aliphatic heterocycles. The molecule has 0 saturated heterocycles. The van der Waals surface area contributed by atoms with Gasteiger partial charge in [0.05, 0.1) is 5.02 Å². The SMILES string of the molecule is NC1C2CC3CC1CC(Oc1cc4ccnc(OCc5ccccc5)c4cc1Cl)(C3)C2. The Balaban J connectivity index is 1.28. The number of nitrogens with two attached hydrogens (primary N) is 1. The molecule has 7 rings (SSSR count). The molecule has 2 aromatic carbocycles. The van der Waals surface area contributed by atoms with E-state index in [9.17, 15) is 0 Å². The highest BCUT2D eigenvalue weighted by Crippen LogP contribution is 2.57. The van der Waals surface area contributed by atoms with E-state index in [-0.39, 0.29) is 5.60 Å². The highest BCUT2D eigenvalue weighted by Gasteiger charge is 2.56. The van der Waals surface area contributed by atoms with Crippen LogP contribution in [0.25, 0.3) is 10.8 Å². The number of hydrogen-bond donors (Lipinski definition) is 1. The summed E-state index contributed by atoms with van der Waals surface area (Å²) in [7, 11) is 0. The number of aromatic nitrogens is 1. The second-order valence-corrected chi connectivity index (χ2v) is 10.1. The van der Waals surface area contributed by atoms with E-state index in [1.54, 1.807) is 6.20 Å². The summed E-state index contributed by atoms with van der Waals surface area (Å²) in [6.45, 7) is 0.469. The zero-order valence-corrected chi connectivity index (χ0v) is 18.2. The Labute approximate surface area is 187 Å². The van der Waals surface area contributed by atoms with E-state index in [2.05, 4.69) is 4.98 Å². The van der Waals surface area contributed by atoms with Crippen LogP contribution in [-0.4, -0.2) is 16.6 Å². The maximum absolute atomic E-state index is 6.73. The zero-order chi connectivity index (χ0) is 21.0. The highest BCUT2D eigenvalue weighted by atomic mass is 35.5. The van der Waals surface area contributed by atoms with Gasteiger partial charge in [-0.15, -0.1) is 0 Å². The zero-order valence-electron chi connectivity index (χ0n) is 17.5. The molecule has 2 N–H and O–H groups in total. The molecule has 3 aromatic rings. The minimum Gasteiger partial charge on any atom is -0.486 e. The van der Waals surface area contributed by atoms with Crippen LogP contribution in [0.5, 0.6) is 11.6 Å². The fourth-order valence-electron chi connectivity index (χ4n) is 6.41. The minimum absolute atomic E-state index is 0.108. The molecule has 2 atom stereocenters. The Morgan fingerprint density at radius 2 is 1.81 bits per heavy atom. The van der Waals surface area contributed by atoms with E-state index < -0.39 is 0 Å². The molecule has 1 heterocycles. The topological polar surface area (TPSA) is 57.4 Å². The van der Waals surface area contributed by atoms with Crippen LogP contribution in [0.1, 0.15) is 37.7 Å². The third kappa shape index (κ3) is 3.46. The fraction of sp³-hybridized carbons (Fsp3) is 0.423. The summed E-state index contributed by atoms with van der Waals surface area (Å²) < 4.78 is 12.7. The molecule has 4 aliphatic carbocycles. The lowest BCUT2D eigenvalue weighted by Gasteiger charge is -2.58. The van der Waals surface area contributed by atoms with Gasteiger partial charge in [-0.1, -0.05) is 41.9 Å². The predicted molar refractivity (Wildman–Crippen MR) is 122 cm³/mol. The van der Waals surface area contributed by atoms with Crippen molar-refractivity contribution >= 4 is 22.4 Å². The van der Waals surface area contributed by atoms with Gasteiger partial charge in [0.2, 0.25) is 5.88 Å². The van der Waals surface area contributed by atoms with E-state index in [1.807, 2.05) is 48.5 Å². The van der Waals surface area contributed by atoms with Crippen LogP contribution in [0, 0.1) is 17.8 Å².